The summed E-state index contributed by atoms with van der Waals surface area (Å²) in [6, 6.07) is 1.99. The lowest BCUT2D eigenvalue weighted by Gasteiger charge is -2.06. The second-order valence-electron chi connectivity index (χ2n) is 3.12. The highest BCUT2D eigenvalue weighted by Gasteiger charge is 2.10. The molecule has 0 aromatic carbocycles. The summed E-state index contributed by atoms with van der Waals surface area (Å²) in [5.41, 5.74) is 5.57. The lowest BCUT2D eigenvalue weighted by Crippen LogP contribution is -2.28. The molecule has 1 heterocycles. The van der Waals surface area contributed by atoms with Crippen molar-refractivity contribution in [3.63, 3.8) is 0 Å². The summed E-state index contributed by atoms with van der Waals surface area (Å²) in [6.07, 6.45) is 0.800. The number of amides is 1. The van der Waals surface area contributed by atoms with Gasteiger partial charge in [-0.3, -0.25) is 4.79 Å². The number of hydrogen-bond acceptors (Lipinski definition) is 3. The van der Waals surface area contributed by atoms with Gasteiger partial charge in [-0.25, -0.2) is 0 Å². The van der Waals surface area contributed by atoms with E-state index in [1.165, 1.54) is 11.3 Å². The Hall–Kier alpha value is -0.390. The molecule has 3 nitrogen and oxygen atoms in total. The molecule has 1 amide bonds. The van der Waals surface area contributed by atoms with Gasteiger partial charge in [-0.1, -0.05) is 0 Å². The van der Waals surface area contributed by atoms with Crippen molar-refractivity contribution in [1.82, 2.24) is 5.32 Å². The lowest BCUT2D eigenvalue weighted by atomic mass is 10.2. The molecule has 1 aromatic rings. The zero-order valence-corrected chi connectivity index (χ0v) is 10.3. The highest BCUT2D eigenvalue weighted by Crippen LogP contribution is 2.22. The van der Waals surface area contributed by atoms with E-state index in [0.29, 0.717) is 6.54 Å². The minimum atomic E-state index is -0.0347. The Morgan fingerprint density at radius 1 is 1.79 bits per heavy atom. The van der Waals surface area contributed by atoms with Crippen molar-refractivity contribution in [2.24, 2.45) is 5.73 Å². The van der Waals surface area contributed by atoms with Crippen LogP contribution in [0.5, 0.6) is 0 Å². The number of rotatable bonds is 4. The van der Waals surface area contributed by atoms with Crippen LogP contribution in [-0.4, -0.2) is 18.5 Å². The maximum absolute atomic E-state index is 11.5. The highest BCUT2D eigenvalue weighted by molar-refractivity contribution is 9.10. The molecular formula is C9H13BrN2OS. The Morgan fingerprint density at radius 2 is 2.50 bits per heavy atom. The SMILES string of the molecule is CC(N)CCNC(=O)c1sccc1Br. The van der Waals surface area contributed by atoms with E-state index in [0.717, 1.165) is 15.8 Å². The standard InChI is InChI=1S/C9H13BrN2OS/c1-6(11)2-4-12-9(13)8-7(10)3-5-14-8/h3,5-6H,2,4,11H2,1H3,(H,12,13). The largest absolute Gasteiger partial charge is 0.351 e. The average molecular weight is 277 g/mol. The smallest absolute Gasteiger partial charge is 0.262 e. The van der Waals surface area contributed by atoms with E-state index in [1.807, 2.05) is 18.4 Å². The third kappa shape index (κ3) is 3.40. The van der Waals surface area contributed by atoms with Crippen molar-refractivity contribution in [2.75, 3.05) is 6.54 Å². The number of hydrogen-bond donors (Lipinski definition) is 2. The zero-order valence-electron chi connectivity index (χ0n) is 7.92. The van der Waals surface area contributed by atoms with Crippen LogP contribution in [0.3, 0.4) is 0 Å². The molecule has 0 saturated carbocycles. The fraction of sp³-hybridized carbons (Fsp3) is 0.444. The van der Waals surface area contributed by atoms with Crippen LogP contribution in [0.4, 0.5) is 0 Å². The topological polar surface area (TPSA) is 55.1 Å². The molecule has 5 heteroatoms. The van der Waals surface area contributed by atoms with E-state index in [-0.39, 0.29) is 11.9 Å². The first-order valence-corrected chi connectivity index (χ1v) is 6.05. The van der Waals surface area contributed by atoms with Gasteiger partial charge in [-0.15, -0.1) is 11.3 Å². The van der Waals surface area contributed by atoms with Crippen molar-refractivity contribution < 1.29 is 4.79 Å². The molecule has 0 aliphatic heterocycles. The second kappa shape index (κ2) is 5.48. The lowest BCUT2D eigenvalue weighted by molar-refractivity contribution is 0.0956. The summed E-state index contributed by atoms with van der Waals surface area (Å²) in [6.45, 7) is 2.55. The Balaban J connectivity index is 2.40. The predicted octanol–water partition coefficient (Wildman–Crippen LogP) is 1.98. The van der Waals surface area contributed by atoms with Gasteiger partial charge in [-0.2, -0.15) is 0 Å². The van der Waals surface area contributed by atoms with Gasteiger partial charge in [0.15, 0.2) is 0 Å². The minimum absolute atomic E-state index is 0.0347. The molecule has 0 spiro atoms. The summed E-state index contributed by atoms with van der Waals surface area (Å²) >= 11 is 4.74. The molecule has 1 rings (SSSR count). The van der Waals surface area contributed by atoms with E-state index >= 15 is 0 Å². The van der Waals surface area contributed by atoms with Gasteiger partial charge in [0.05, 0.1) is 0 Å². The molecule has 1 aromatic heterocycles. The van der Waals surface area contributed by atoms with Gasteiger partial charge in [-0.05, 0) is 40.7 Å². The Labute approximate surface area is 95.8 Å². The van der Waals surface area contributed by atoms with Gasteiger partial charge in [0.25, 0.3) is 5.91 Å². The van der Waals surface area contributed by atoms with Crippen LogP contribution in [0.1, 0.15) is 23.0 Å². The first kappa shape index (κ1) is 11.7. The molecule has 0 fully saturated rings. The Morgan fingerprint density at radius 3 is 3.00 bits per heavy atom. The number of carbonyl (C=O) groups is 1. The predicted molar refractivity (Wildman–Crippen MR) is 62.6 cm³/mol. The van der Waals surface area contributed by atoms with Crippen molar-refractivity contribution >= 4 is 33.2 Å². The van der Waals surface area contributed by atoms with Gasteiger partial charge >= 0.3 is 0 Å². The first-order chi connectivity index (χ1) is 6.61. The number of nitrogens with one attached hydrogen (secondary N) is 1. The van der Waals surface area contributed by atoms with E-state index in [4.69, 9.17) is 5.73 Å². The van der Waals surface area contributed by atoms with Crippen LogP contribution in [0, 0.1) is 0 Å². The third-order valence-corrected chi connectivity index (χ3v) is 3.55. The summed E-state index contributed by atoms with van der Waals surface area (Å²) in [5, 5.41) is 4.70. The number of carbonyl (C=O) groups excluding carboxylic acids is 1. The van der Waals surface area contributed by atoms with Gasteiger partial charge in [0, 0.05) is 17.1 Å². The summed E-state index contributed by atoms with van der Waals surface area (Å²) in [7, 11) is 0. The zero-order chi connectivity index (χ0) is 10.6. The maximum atomic E-state index is 11.5. The Bertz CT molecular complexity index is 312. The van der Waals surface area contributed by atoms with Gasteiger partial charge in [0.1, 0.15) is 4.88 Å². The summed E-state index contributed by atoms with van der Waals surface area (Å²) < 4.78 is 0.848. The quantitative estimate of drug-likeness (QED) is 0.884. The minimum Gasteiger partial charge on any atom is -0.351 e. The molecular weight excluding hydrogens is 264 g/mol. The van der Waals surface area contributed by atoms with E-state index in [2.05, 4.69) is 21.2 Å². The molecule has 1 unspecified atom stereocenters. The number of nitrogens with two attached hydrogens (primary N) is 1. The molecule has 0 aliphatic rings. The van der Waals surface area contributed by atoms with Crippen LogP contribution >= 0.6 is 27.3 Å². The average Bonchev–Trinajstić information content (AvgIpc) is 2.50. The second-order valence-corrected chi connectivity index (χ2v) is 4.89. The highest BCUT2D eigenvalue weighted by atomic mass is 79.9. The monoisotopic (exact) mass is 276 g/mol. The van der Waals surface area contributed by atoms with Crippen molar-refractivity contribution in [1.29, 1.82) is 0 Å². The summed E-state index contributed by atoms with van der Waals surface area (Å²) in [4.78, 5) is 12.3. The van der Waals surface area contributed by atoms with Gasteiger partial charge in [0.2, 0.25) is 0 Å². The van der Waals surface area contributed by atoms with E-state index in [1.54, 1.807) is 0 Å². The number of halogens is 1. The summed E-state index contributed by atoms with van der Waals surface area (Å²) in [5.74, 6) is -0.0347. The van der Waals surface area contributed by atoms with Crippen LogP contribution in [0.2, 0.25) is 0 Å². The Kier molecular flexibility index (Phi) is 4.57. The maximum Gasteiger partial charge on any atom is 0.262 e. The fourth-order valence-corrected chi connectivity index (χ4v) is 2.42. The van der Waals surface area contributed by atoms with Crippen LogP contribution in [0.25, 0.3) is 0 Å². The molecule has 1 atom stereocenters. The van der Waals surface area contributed by atoms with Gasteiger partial charge < -0.3 is 11.1 Å². The molecule has 3 N–H and O–H groups in total. The molecule has 0 aliphatic carbocycles. The number of thiophene rings is 1. The van der Waals surface area contributed by atoms with E-state index in [9.17, 15) is 4.79 Å². The molecule has 14 heavy (non-hydrogen) atoms. The molecule has 0 saturated heterocycles. The van der Waals surface area contributed by atoms with Crippen LogP contribution < -0.4 is 11.1 Å². The molecule has 0 radical (unpaired) electrons. The van der Waals surface area contributed by atoms with Crippen molar-refractivity contribution in [3.8, 4) is 0 Å². The van der Waals surface area contributed by atoms with Crippen LogP contribution in [-0.2, 0) is 0 Å². The van der Waals surface area contributed by atoms with Crippen LogP contribution in [0.15, 0.2) is 15.9 Å². The normalized spacial score (nSPS) is 12.5. The van der Waals surface area contributed by atoms with Crippen molar-refractivity contribution in [2.45, 2.75) is 19.4 Å². The van der Waals surface area contributed by atoms with Crippen molar-refractivity contribution in [3.05, 3.63) is 20.8 Å². The van der Waals surface area contributed by atoms with E-state index < -0.39 is 0 Å². The molecule has 0 bridgehead atoms. The first-order valence-electron chi connectivity index (χ1n) is 4.38. The third-order valence-electron chi connectivity index (χ3n) is 1.71. The fourth-order valence-electron chi connectivity index (χ4n) is 0.949. The molecule has 78 valence electrons.